The third kappa shape index (κ3) is 16.4. The maximum Gasteiger partial charge on any atom is 0.103 e. The number of hydrogen-bond donors (Lipinski definition) is 0. The molecule has 228 valence electrons. The normalized spacial score (nSPS) is 20.2. The molecular weight excluding hydrogens is 509 g/mol. The summed E-state index contributed by atoms with van der Waals surface area (Å²) < 4.78 is 19.2. The van der Waals surface area contributed by atoms with Crippen molar-refractivity contribution in [3.05, 3.63) is 75.9 Å². The van der Waals surface area contributed by atoms with E-state index in [9.17, 15) is 0 Å². The van der Waals surface area contributed by atoms with Gasteiger partial charge < -0.3 is 42.7 Å². The highest BCUT2D eigenvalue weighted by molar-refractivity contribution is 6.24. The molecule has 3 fully saturated rings. The van der Waals surface area contributed by atoms with Gasteiger partial charge in [-0.3, -0.25) is 7.32 Å². The van der Waals surface area contributed by atoms with Crippen LogP contribution in [0.1, 0.15) is 0 Å². The van der Waals surface area contributed by atoms with Crippen molar-refractivity contribution in [1.82, 2.24) is 0 Å². The Morgan fingerprint density at radius 1 is 0.425 bits per heavy atom. The monoisotopic (exact) mass is 563 g/mol. The van der Waals surface area contributed by atoms with Crippen LogP contribution >= 0.6 is 0 Å². The van der Waals surface area contributed by atoms with Gasteiger partial charge in [0.05, 0.1) is 78.9 Å². The predicted octanol–water partition coefficient (Wildman–Crippen LogP) is -0.332. The van der Waals surface area contributed by atoms with Crippen LogP contribution in [-0.2, 0) is 14.2 Å². The highest BCUT2D eigenvalue weighted by Crippen LogP contribution is 2.12. The molecule has 0 saturated carbocycles. The van der Waals surface area contributed by atoms with Crippen molar-refractivity contribution in [2.45, 2.75) is 0 Å². The summed E-state index contributed by atoms with van der Waals surface area (Å²) in [6.07, 6.45) is 12.0. The Balaban J connectivity index is 0.000000534. The lowest BCUT2D eigenvalue weighted by Crippen LogP contribution is -2.56. The Kier molecular flexibility index (Phi) is 21.7. The van der Waals surface area contributed by atoms with Gasteiger partial charge in [0.15, 0.2) is 0 Å². The fourth-order valence-electron chi connectivity index (χ4n) is 5.15. The number of nitrogens with zero attached hydrogens (tertiary/aromatic N) is 3. The molecule has 0 aromatic carbocycles. The molecule has 10 heteroatoms. The van der Waals surface area contributed by atoms with Crippen molar-refractivity contribution in [3.63, 3.8) is 0 Å². The quantitative estimate of drug-likeness (QED) is 0.183. The Labute approximate surface area is 244 Å². The summed E-state index contributed by atoms with van der Waals surface area (Å²) in [5.41, 5.74) is 0. The SMILES string of the molecule is C=CC[N+]1(CC=C)CCOCC1.C=CC[N+]1(CC=C)CCOCC1.C=CC[N+]1(CC=C)CCOCC1.[O-]B([O-])[O-]. The Morgan fingerprint density at radius 2 is 0.575 bits per heavy atom. The second-order valence-electron chi connectivity index (χ2n) is 10.3. The second kappa shape index (κ2) is 22.8. The lowest BCUT2D eigenvalue weighted by atomic mass is 10.3. The van der Waals surface area contributed by atoms with Gasteiger partial charge in [-0.05, 0) is 36.5 Å². The molecule has 0 aromatic rings. The fraction of sp³-hybridized carbons (Fsp3) is 0.600. The van der Waals surface area contributed by atoms with Crippen molar-refractivity contribution in [2.24, 2.45) is 0 Å². The van der Waals surface area contributed by atoms with Crippen molar-refractivity contribution in [1.29, 1.82) is 0 Å². The topological polar surface area (TPSA) is 96.9 Å². The van der Waals surface area contributed by atoms with E-state index in [1.165, 1.54) is 0 Å². The third-order valence-electron chi connectivity index (χ3n) is 7.36. The first-order valence-corrected chi connectivity index (χ1v) is 14.1. The summed E-state index contributed by atoms with van der Waals surface area (Å²) >= 11 is 0. The van der Waals surface area contributed by atoms with Gasteiger partial charge in [0.25, 0.3) is 0 Å². The Morgan fingerprint density at radius 3 is 0.700 bits per heavy atom. The first-order chi connectivity index (χ1) is 19.2. The van der Waals surface area contributed by atoms with Crippen molar-refractivity contribution in [3.8, 4) is 0 Å². The second-order valence-corrected chi connectivity index (χ2v) is 10.3. The molecule has 40 heavy (non-hydrogen) atoms. The van der Waals surface area contributed by atoms with E-state index in [0.29, 0.717) is 0 Å². The summed E-state index contributed by atoms with van der Waals surface area (Å²) in [6.45, 7) is 40.8. The number of hydrogen-bond acceptors (Lipinski definition) is 6. The summed E-state index contributed by atoms with van der Waals surface area (Å²) in [4.78, 5) is 0. The predicted molar refractivity (Wildman–Crippen MR) is 159 cm³/mol. The lowest BCUT2D eigenvalue weighted by molar-refractivity contribution is -0.924. The molecule has 0 aliphatic carbocycles. The molecule has 3 aliphatic heterocycles. The minimum absolute atomic E-state index is 0.877. The van der Waals surface area contributed by atoms with Crippen molar-refractivity contribution >= 4 is 7.32 Å². The lowest BCUT2D eigenvalue weighted by Gasteiger charge is -2.39. The standard InChI is InChI=1S/3C10H18NO.BO3/c3*1-3-5-11(6-4-2)7-9-12-10-8-11;2-1(3)4/h3*3-4H,1-2,5-10H2;/q3*+1;-3. The minimum atomic E-state index is -2.92. The smallest absolute Gasteiger partial charge is 0.103 e. The van der Waals surface area contributed by atoms with E-state index < -0.39 is 7.32 Å². The van der Waals surface area contributed by atoms with Crippen LogP contribution in [0.3, 0.4) is 0 Å². The van der Waals surface area contributed by atoms with Crippen LogP contribution in [0.5, 0.6) is 0 Å². The van der Waals surface area contributed by atoms with Crippen LogP contribution in [0, 0.1) is 0 Å². The molecule has 3 saturated heterocycles. The minimum Gasteiger partial charge on any atom is -0.907 e. The molecule has 3 rings (SSSR count). The third-order valence-corrected chi connectivity index (χ3v) is 7.36. The van der Waals surface area contributed by atoms with E-state index in [2.05, 4.69) is 39.5 Å². The van der Waals surface area contributed by atoms with Gasteiger partial charge in [-0.25, -0.2) is 0 Å². The molecule has 3 heterocycles. The maximum absolute atomic E-state index is 8.42. The average Bonchev–Trinajstić information content (AvgIpc) is 2.92. The fourth-order valence-corrected chi connectivity index (χ4v) is 5.15. The van der Waals surface area contributed by atoms with Gasteiger partial charge in [-0.15, -0.1) is 0 Å². The highest BCUT2D eigenvalue weighted by atomic mass is 16.5. The molecule has 0 unspecified atom stereocenters. The molecule has 0 atom stereocenters. The number of ether oxygens (including phenoxy) is 3. The molecule has 0 aromatic heterocycles. The van der Waals surface area contributed by atoms with Crippen LogP contribution < -0.4 is 15.1 Å². The van der Waals surface area contributed by atoms with Gasteiger partial charge in [0, 0.05) is 0 Å². The van der Waals surface area contributed by atoms with Gasteiger partial charge >= 0.3 is 0 Å². The van der Waals surface area contributed by atoms with Gasteiger partial charge in [-0.1, -0.05) is 39.5 Å². The molecule has 9 nitrogen and oxygen atoms in total. The van der Waals surface area contributed by atoms with E-state index in [1.54, 1.807) is 0 Å². The zero-order valence-corrected chi connectivity index (χ0v) is 24.8. The van der Waals surface area contributed by atoms with E-state index in [-0.39, 0.29) is 0 Å². The van der Waals surface area contributed by atoms with Crippen LogP contribution in [-0.4, -0.2) is 139 Å². The summed E-state index contributed by atoms with van der Waals surface area (Å²) in [6, 6.07) is 0. The summed E-state index contributed by atoms with van der Waals surface area (Å²) in [5, 5.41) is 25.2. The van der Waals surface area contributed by atoms with E-state index in [4.69, 9.17) is 29.3 Å². The van der Waals surface area contributed by atoms with Crippen molar-refractivity contribution < 1.29 is 42.7 Å². The number of rotatable bonds is 12. The Bertz CT molecular complexity index is 587. The average molecular weight is 564 g/mol. The summed E-state index contributed by atoms with van der Waals surface area (Å²) in [7, 11) is -2.92. The van der Waals surface area contributed by atoms with Crippen molar-refractivity contribution in [2.75, 3.05) is 118 Å². The van der Waals surface area contributed by atoms with E-state index >= 15 is 0 Å². The number of quaternary nitrogens is 3. The zero-order chi connectivity index (χ0) is 30.2. The zero-order valence-electron chi connectivity index (χ0n) is 24.8. The number of morpholine rings is 3. The largest absolute Gasteiger partial charge is 0.907 e. The first kappa shape index (κ1) is 38.1. The molecule has 0 N–H and O–H groups in total. The highest BCUT2D eigenvalue weighted by Gasteiger charge is 2.28. The first-order valence-electron chi connectivity index (χ1n) is 14.1. The van der Waals surface area contributed by atoms with E-state index in [0.717, 1.165) is 132 Å². The van der Waals surface area contributed by atoms with E-state index in [1.807, 2.05) is 36.5 Å². The van der Waals surface area contributed by atoms with Gasteiger partial charge in [0.1, 0.15) is 39.3 Å². The van der Waals surface area contributed by atoms with Gasteiger partial charge in [-0.2, -0.15) is 0 Å². The van der Waals surface area contributed by atoms with Crippen LogP contribution in [0.2, 0.25) is 0 Å². The molecule has 3 aliphatic rings. The summed E-state index contributed by atoms with van der Waals surface area (Å²) in [5.74, 6) is 0. The van der Waals surface area contributed by atoms with Crippen LogP contribution in [0.4, 0.5) is 0 Å². The molecular formula is C30H54BN3O6. The van der Waals surface area contributed by atoms with Crippen LogP contribution in [0.25, 0.3) is 0 Å². The molecule has 0 radical (unpaired) electrons. The van der Waals surface area contributed by atoms with Gasteiger partial charge in [0.2, 0.25) is 0 Å². The molecule has 0 amide bonds. The Hall–Kier alpha value is -1.86. The molecule has 0 spiro atoms. The maximum atomic E-state index is 8.42. The van der Waals surface area contributed by atoms with Crippen LogP contribution in [0.15, 0.2) is 75.9 Å². The molecule has 0 bridgehead atoms.